The molecule has 0 aromatic heterocycles. The number of hydrogen-bond acceptors (Lipinski definition) is 1. The Kier molecular flexibility index (Phi) is 3.11. The molecule has 0 heterocycles. The lowest BCUT2D eigenvalue weighted by Crippen LogP contribution is -1.98. The van der Waals surface area contributed by atoms with Crippen LogP contribution < -0.4 is 4.74 Å². The lowest BCUT2D eigenvalue weighted by atomic mass is 10.2. The van der Waals surface area contributed by atoms with Crippen molar-refractivity contribution < 1.29 is 9.13 Å². The first-order valence-corrected chi connectivity index (χ1v) is 4.44. The molecule has 0 N–H and O–H groups in total. The van der Waals surface area contributed by atoms with Gasteiger partial charge in [-0.25, -0.2) is 0 Å². The second-order valence-electron chi connectivity index (χ2n) is 2.19. The molecule has 0 saturated carbocycles. The molecule has 1 nitrogen and oxygen atoms in total. The molecule has 1 aromatic carbocycles. The number of benzene rings is 1. The average molecular weight is 266 g/mol. The van der Waals surface area contributed by atoms with Crippen molar-refractivity contribution in [3.05, 3.63) is 29.8 Å². The first-order valence-electron chi connectivity index (χ1n) is 3.20. The highest BCUT2D eigenvalue weighted by molar-refractivity contribution is 14.1. The van der Waals surface area contributed by atoms with Gasteiger partial charge in [-0.05, 0) is 19.1 Å². The van der Waals surface area contributed by atoms with Crippen molar-refractivity contribution in [2.75, 3.05) is 0 Å². The van der Waals surface area contributed by atoms with Gasteiger partial charge in [-0.1, -0.05) is 17.7 Å². The standard InChI is InChI=1S/C8H8FIO/c1-6-2-4-7(5-3-6)11-8(9)10/h2-5,8H,1H3. The van der Waals surface area contributed by atoms with E-state index in [1.165, 1.54) is 0 Å². The molecule has 0 fully saturated rings. The highest BCUT2D eigenvalue weighted by atomic mass is 127. The Hall–Kier alpha value is -0.320. The SMILES string of the molecule is Cc1ccc(OC(F)I)cc1. The second kappa shape index (κ2) is 3.90. The van der Waals surface area contributed by atoms with Gasteiger partial charge in [0.2, 0.25) is 0 Å². The summed E-state index contributed by atoms with van der Waals surface area (Å²) in [4.78, 5) is 0. The summed E-state index contributed by atoms with van der Waals surface area (Å²) in [5.74, 6) is 0.567. The Bertz CT molecular complexity index is 220. The molecule has 0 radical (unpaired) electrons. The van der Waals surface area contributed by atoms with Crippen LogP contribution in [0, 0.1) is 6.92 Å². The van der Waals surface area contributed by atoms with Crippen LogP contribution in [0.4, 0.5) is 4.39 Å². The molecule has 0 aliphatic carbocycles. The fraction of sp³-hybridized carbons (Fsp3) is 0.250. The topological polar surface area (TPSA) is 9.23 Å². The molecule has 1 unspecified atom stereocenters. The third-order valence-corrected chi connectivity index (χ3v) is 1.50. The Morgan fingerprint density at radius 2 is 1.91 bits per heavy atom. The quantitative estimate of drug-likeness (QED) is 0.590. The van der Waals surface area contributed by atoms with Gasteiger partial charge in [-0.2, -0.15) is 4.39 Å². The van der Waals surface area contributed by atoms with Gasteiger partial charge in [-0.15, -0.1) is 0 Å². The predicted octanol–water partition coefficient (Wildman–Crippen LogP) is 3.06. The fourth-order valence-electron chi connectivity index (χ4n) is 0.720. The van der Waals surface area contributed by atoms with E-state index in [2.05, 4.69) is 0 Å². The summed E-state index contributed by atoms with van der Waals surface area (Å²) in [7, 11) is 0. The van der Waals surface area contributed by atoms with E-state index in [4.69, 9.17) is 4.74 Å². The molecular formula is C8H8FIO. The Balaban J connectivity index is 2.66. The van der Waals surface area contributed by atoms with E-state index in [1.54, 1.807) is 34.7 Å². The van der Waals surface area contributed by atoms with Crippen LogP contribution in [0.25, 0.3) is 0 Å². The van der Waals surface area contributed by atoms with Crippen molar-refractivity contribution in [2.24, 2.45) is 0 Å². The summed E-state index contributed by atoms with van der Waals surface area (Å²) in [6.45, 7) is 1.97. The number of alkyl halides is 2. The fourth-order valence-corrected chi connectivity index (χ4v) is 1.01. The van der Waals surface area contributed by atoms with E-state index in [0.717, 1.165) is 5.56 Å². The van der Waals surface area contributed by atoms with Gasteiger partial charge in [-0.3, -0.25) is 0 Å². The van der Waals surface area contributed by atoms with Crippen molar-refractivity contribution in [2.45, 2.75) is 11.3 Å². The van der Waals surface area contributed by atoms with Gasteiger partial charge in [0.15, 0.2) is 0 Å². The molecule has 0 aliphatic heterocycles. The number of halogens is 2. The zero-order chi connectivity index (χ0) is 8.27. The van der Waals surface area contributed by atoms with Gasteiger partial charge >= 0.3 is 0 Å². The second-order valence-corrected chi connectivity index (χ2v) is 3.17. The molecular weight excluding hydrogens is 258 g/mol. The van der Waals surface area contributed by atoms with Crippen LogP contribution in [-0.4, -0.2) is 4.36 Å². The van der Waals surface area contributed by atoms with Gasteiger partial charge in [0, 0.05) is 22.6 Å². The Labute approximate surface area is 78.7 Å². The van der Waals surface area contributed by atoms with Crippen LogP contribution in [0.15, 0.2) is 24.3 Å². The smallest absolute Gasteiger partial charge is 0.288 e. The number of ether oxygens (including phenoxy) is 1. The van der Waals surface area contributed by atoms with Crippen molar-refractivity contribution in [1.82, 2.24) is 0 Å². The molecule has 60 valence electrons. The first-order chi connectivity index (χ1) is 5.18. The molecule has 1 aromatic rings. The summed E-state index contributed by atoms with van der Waals surface area (Å²) < 4.78 is 15.8. The molecule has 0 saturated heterocycles. The third kappa shape index (κ3) is 3.05. The largest absolute Gasteiger partial charge is 0.452 e. The monoisotopic (exact) mass is 266 g/mol. The normalized spacial score (nSPS) is 12.6. The Morgan fingerprint density at radius 3 is 2.36 bits per heavy atom. The number of rotatable bonds is 2. The minimum absolute atomic E-state index is 0.567. The lowest BCUT2D eigenvalue weighted by Gasteiger charge is -2.04. The molecule has 0 spiro atoms. The summed E-state index contributed by atoms with van der Waals surface area (Å²) in [6, 6.07) is 7.27. The van der Waals surface area contributed by atoms with Gasteiger partial charge in [0.1, 0.15) is 5.75 Å². The zero-order valence-corrected chi connectivity index (χ0v) is 8.21. The van der Waals surface area contributed by atoms with Crippen LogP contribution in [0.3, 0.4) is 0 Å². The molecule has 1 rings (SSSR count). The van der Waals surface area contributed by atoms with Crippen molar-refractivity contribution in [3.8, 4) is 5.75 Å². The average Bonchev–Trinajstić information content (AvgIpc) is 1.93. The number of aryl methyl sites for hydroxylation is 1. The van der Waals surface area contributed by atoms with Crippen molar-refractivity contribution >= 4 is 22.6 Å². The van der Waals surface area contributed by atoms with E-state index in [1.807, 2.05) is 19.1 Å². The zero-order valence-electron chi connectivity index (χ0n) is 6.05. The van der Waals surface area contributed by atoms with E-state index < -0.39 is 4.36 Å². The van der Waals surface area contributed by atoms with E-state index in [9.17, 15) is 4.39 Å². The van der Waals surface area contributed by atoms with Gasteiger partial charge in [0.05, 0.1) is 0 Å². The minimum Gasteiger partial charge on any atom is -0.452 e. The summed E-state index contributed by atoms with van der Waals surface area (Å²) in [6.07, 6.45) is 0. The maximum Gasteiger partial charge on any atom is 0.288 e. The van der Waals surface area contributed by atoms with Crippen molar-refractivity contribution in [3.63, 3.8) is 0 Å². The van der Waals surface area contributed by atoms with E-state index >= 15 is 0 Å². The minimum atomic E-state index is -1.27. The maximum atomic E-state index is 12.3. The van der Waals surface area contributed by atoms with Crippen LogP contribution >= 0.6 is 22.6 Å². The molecule has 1 atom stereocenters. The summed E-state index contributed by atoms with van der Waals surface area (Å²) >= 11 is 1.57. The molecule has 0 bridgehead atoms. The van der Waals surface area contributed by atoms with Gasteiger partial charge < -0.3 is 4.74 Å². The highest BCUT2D eigenvalue weighted by Gasteiger charge is 1.99. The van der Waals surface area contributed by atoms with Crippen LogP contribution in [0.2, 0.25) is 0 Å². The Morgan fingerprint density at radius 1 is 1.36 bits per heavy atom. The van der Waals surface area contributed by atoms with Crippen LogP contribution in [0.5, 0.6) is 5.75 Å². The maximum absolute atomic E-state index is 12.3. The summed E-state index contributed by atoms with van der Waals surface area (Å²) in [5, 5.41) is 0. The third-order valence-electron chi connectivity index (χ3n) is 1.25. The summed E-state index contributed by atoms with van der Waals surface area (Å²) in [5.41, 5.74) is 1.14. The predicted molar refractivity (Wildman–Crippen MR) is 50.7 cm³/mol. The molecule has 3 heteroatoms. The first kappa shape index (κ1) is 8.77. The van der Waals surface area contributed by atoms with Crippen molar-refractivity contribution in [1.29, 1.82) is 0 Å². The number of hydrogen-bond donors (Lipinski definition) is 0. The highest BCUT2D eigenvalue weighted by Crippen LogP contribution is 2.15. The molecule has 0 aliphatic rings. The van der Waals surface area contributed by atoms with Crippen LogP contribution in [0.1, 0.15) is 5.56 Å². The molecule has 11 heavy (non-hydrogen) atoms. The van der Waals surface area contributed by atoms with Gasteiger partial charge in [0.25, 0.3) is 4.36 Å². The molecule has 0 amide bonds. The lowest BCUT2D eigenvalue weighted by molar-refractivity contribution is 0.171. The van der Waals surface area contributed by atoms with E-state index in [-0.39, 0.29) is 0 Å². The van der Waals surface area contributed by atoms with Crippen LogP contribution in [-0.2, 0) is 0 Å². The van der Waals surface area contributed by atoms with E-state index in [0.29, 0.717) is 5.75 Å².